The fourth-order valence-corrected chi connectivity index (χ4v) is 3.33. The number of benzene rings is 1. The van der Waals surface area contributed by atoms with E-state index in [1.807, 2.05) is 24.3 Å². The first-order valence-electron chi connectivity index (χ1n) is 10.3. The average Bonchev–Trinajstić information content (AvgIpc) is 3.11. The summed E-state index contributed by atoms with van der Waals surface area (Å²) in [5.74, 6) is 0.384. The molecule has 1 aromatic rings. The molecule has 29 heavy (non-hydrogen) atoms. The van der Waals surface area contributed by atoms with Crippen LogP contribution in [0.5, 0.6) is 0 Å². The first kappa shape index (κ1) is 22.7. The fourth-order valence-electron chi connectivity index (χ4n) is 3.33. The van der Waals surface area contributed by atoms with Crippen molar-refractivity contribution in [2.45, 2.75) is 71.4 Å². The van der Waals surface area contributed by atoms with Gasteiger partial charge in [-0.1, -0.05) is 25.0 Å². The monoisotopic (exact) mass is 403 g/mol. The third kappa shape index (κ3) is 9.45. The molecule has 0 bridgehead atoms. The zero-order chi connectivity index (χ0) is 21.3. The van der Waals surface area contributed by atoms with E-state index in [9.17, 15) is 14.4 Å². The molecule has 2 rings (SSSR count). The largest absolute Gasteiger partial charge is 0.444 e. The molecule has 0 aliphatic heterocycles. The molecule has 7 heteroatoms. The zero-order valence-electron chi connectivity index (χ0n) is 17.7. The number of ether oxygens (including phenoxy) is 1. The number of rotatable bonds is 8. The van der Waals surface area contributed by atoms with E-state index in [1.54, 1.807) is 20.8 Å². The Morgan fingerprint density at radius 1 is 1.07 bits per heavy atom. The molecule has 0 spiro atoms. The van der Waals surface area contributed by atoms with E-state index in [0.29, 0.717) is 18.9 Å². The summed E-state index contributed by atoms with van der Waals surface area (Å²) >= 11 is 0. The van der Waals surface area contributed by atoms with Crippen LogP contribution in [0, 0.1) is 5.92 Å². The first-order valence-corrected chi connectivity index (χ1v) is 10.3. The van der Waals surface area contributed by atoms with Crippen LogP contribution in [0.25, 0.3) is 0 Å². The van der Waals surface area contributed by atoms with Gasteiger partial charge in [-0.15, -0.1) is 0 Å². The van der Waals surface area contributed by atoms with E-state index in [4.69, 9.17) is 4.74 Å². The molecule has 0 unspecified atom stereocenters. The molecule has 0 saturated heterocycles. The molecule has 1 fully saturated rings. The minimum atomic E-state index is -0.566. The number of carbonyl (C=O) groups excluding carboxylic acids is 3. The second-order valence-electron chi connectivity index (χ2n) is 8.56. The summed E-state index contributed by atoms with van der Waals surface area (Å²) in [6, 6.07) is 7.47. The molecule has 1 aliphatic rings. The lowest BCUT2D eigenvalue weighted by Gasteiger charge is -2.19. The van der Waals surface area contributed by atoms with Crippen LogP contribution in [0.1, 0.15) is 64.9 Å². The maximum Gasteiger partial charge on any atom is 0.407 e. The topological polar surface area (TPSA) is 96.5 Å². The van der Waals surface area contributed by atoms with Gasteiger partial charge in [0.2, 0.25) is 11.8 Å². The number of anilines is 1. The maximum atomic E-state index is 12.2. The van der Waals surface area contributed by atoms with Gasteiger partial charge < -0.3 is 20.7 Å². The van der Waals surface area contributed by atoms with Crippen molar-refractivity contribution in [3.8, 4) is 0 Å². The van der Waals surface area contributed by atoms with Crippen molar-refractivity contribution >= 4 is 23.6 Å². The summed E-state index contributed by atoms with van der Waals surface area (Å²) in [5.41, 5.74) is 1.08. The third-order valence-electron chi connectivity index (χ3n) is 4.67. The predicted octanol–water partition coefficient (Wildman–Crippen LogP) is 3.74. The molecular weight excluding hydrogens is 370 g/mol. The molecule has 0 atom stereocenters. The van der Waals surface area contributed by atoms with Gasteiger partial charge in [0.25, 0.3) is 0 Å². The molecule has 0 aromatic heterocycles. The van der Waals surface area contributed by atoms with Crippen LogP contribution in [0.4, 0.5) is 10.5 Å². The Balaban J connectivity index is 1.69. The van der Waals surface area contributed by atoms with E-state index in [0.717, 1.165) is 24.1 Å². The van der Waals surface area contributed by atoms with Gasteiger partial charge >= 0.3 is 6.09 Å². The average molecular weight is 404 g/mol. The highest BCUT2D eigenvalue weighted by molar-refractivity contribution is 5.91. The van der Waals surface area contributed by atoms with Crippen LogP contribution in [-0.2, 0) is 20.9 Å². The van der Waals surface area contributed by atoms with Gasteiger partial charge in [-0.25, -0.2) is 4.79 Å². The minimum absolute atomic E-state index is 0.0475. The second kappa shape index (κ2) is 10.8. The zero-order valence-corrected chi connectivity index (χ0v) is 17.7. The highest BCUT2D eigenvalue weighted by atomic mass is 16.6. The van der Waals surface area contributed by atoms with Gasteiger partial charge in [0, 0.05) is 31.6 Å². The quantitative estimate of drug-likeness (QED) is 0.616. The Kier molecular flexibility index (Phi) is 8.49. The Morgan fingerprint density at radius 3 is 2.48 bits per heavy atom. The molecule has 0 radical (unpaired) electrons. The lowest BCUT2D eigenvalue weighted by atomic mass is 10.0. The molecule has 7 nitrogen and oxygen atoms in total. The van der Waals surface area contributed by atoms with E-state index in [-0.39, 0.29) is 24.8 Å². The summed E-state index contributed by atoms with van der Waals surface area (Å²) in [6.45, 7) is 5.91. The molecule has 0 heterocycles. The molecule has 1 aliphatic carbocycles. The molecule has 3 amide bonds. The van der Waals surface area contributed by atoms with Crippen LogP contribution < -0.4 is 16.0 Å². The van der Waals surface area contributed by atoms with Gasteiger partial charge in [0.15, 0.2) is 0 Å². The fraction of sp³-hybridized carbons (Fsp3) is 0.591. The highest BCUT2D eigenvalue weighted by Gasteiger charge is 2.18. The maximum absolute atomic E-state index is 12.2. The third-order valence-corrected chi connectivity index (χ3v) is 4.67. The predicted molar refractivity (Wildman–Crippen MR) is 112 cm³/mol. The number of nitrogens with one attached hydrogen (secondary N) is 3. The SMILES string of the molecule is CC(C)(C)OC(=O)NCCC(=O)NCc1cccc(NC(=O)CC2CCCC2)c1. The van der Waals surface area contributed by atoms with Gasteiger partial charge in [-0.3, -0.25) is 9.59 Å². The first-order chi connectivity index (χ1) is 13.7. The van der Waals surface area contributed by atoms with E-state index in [2.05, 4.69) is 16.0 Å². The number of hydrogen-bond acceptors (Lipinski definition) is 4. The van der Waals surface area contributed by atoms with Crippen molar-refractivity contribution in [2.24, 2.45) is 5.92 Å². The van der Waals surface area contributed by atoms with Crippen LogP contribution in [0.3, 0.4) is 0 Å². The van der Waals surface area contributed by atoms with Crippen molar-refractivity contribution < 1.29 is 19.1 Å². The summed E-state index contributed by atoms with van der Waals surface area (Å²) < 4.78 is 5.12. The lowest BCUT2D eigenvalue weighted by Crippen LogP contribution is -2.35. The van der Waals surface area contributed by atoms with Gasteiger partial charge in [-0.05, 0) is 57.2 Å². The van der Waals surface area contributed by atoms with Crippen LogP contribution in [-0.4, -0.2) is 30.1 Å². The Labute approximate surface area is 173 Å². The number of hydrogen-bond donors (Lipinski definition) is 3. The van der Waals surface area contributed by atoms with Crippen LogP contribution in [0.2, 0.25) is 0 Å². The van der Waals surface area contributed by atoms with Crippen LogP contribution in [0.15, 0.2) is 24.3 Å². The molecule has 160 valence electrons. The smallest absolute Gasteiger partial charge is 0.407 e. The molecule has 3 N–H and O–H groups in total. The molecule has 1 saturated carbocycles. The van der Waals surface area contributed by atoms with E-state index >= 15 is 0 Å². The lowest BCUT2D eigenvalue weighted by molar-refractivity contribution is -0.121. The Bertz CT molecular complexity index is 706. The van der Waals surface area contributed by atoms with Crippen molar-refractivity contribution in [3.63, 3.8) is 0 Å². The Hall–Kier alpha value is -2.57. The normalized spacial score (nSPS) is 14.3. The van der Waals surface area contributed by atoms with Crippen LogP contribution >= 0.6 is 0 Å². The van der Waals surface area contributed by atoms with Crippen molar-refractivity contribution in [2.75, 3.05) is 11.9 Å². The number of carbonyl (C=O) groups is 3. The van der Waals surface area contributed by atoms with Crippen molar-refractivity contribution in [3.05, 3.63) is 29.8 Å². The summed E-state index contributed by atoms with van der Waals surface area (Å²) in [4.78, 5) is 35.7. The van der Waals surface area contributed by atoms with E-state index in [1.165, 1.54) is 12.8 Å². The van der Waals surface area contributed by atoms with Gasteiger partial charge in [0.05, 0.1) is 0 Å². The standard InChI is InChI=1S/C22H33N3O4/c1-22(2,3)29-21(28)23-12-11-19(26)24-15-17-9-6-10-18(13-17)25-20(27)14-16-7-4-5-8-16/h6,9-10,13,16H,4-5,7-8,11-12,14-15H2,1-3H3,(H,23,28)(H,24,26)(H,25,27). The highest BCUT2D eigenvalue weighted by Crippen LogP contribution is 2.27. The molecule has 1 aromatic carbocycles. The number of alkyl carbamates (subject to hydrolysis) is 1. The Morgan fingerprint density at radius 2 is 1.79 bits per heavy atom. The van der Waals surface area contributed by atoms with Crippen molar-refractivity contribution in [1.82, 2.24) is 10.6 Å². The summed E-state index contributed by atoms with van der Waals surface area (Å²) in [6.07, 6.45) is 4.93. The second-order valence-corrected chi connectivity index (χ2v) is 8.56. The van der Waals surface area contributed by atoms with E-state index < -0.39 is 11.7 Å². The summed E-state index contributed by atoms with van der Waals surface area (Å²) in [5, 5.41) is 8.32. The van der Waals surface area contributed by atoms with Gasteiger partial charge in [0.1, 0.15) is 5.60 Å². The summed E-state index contributed by atoms with van der Waals surface area (Å²) in [7, 11) is 0. The minimum Gasteiger partial charge on any atom is -0.444 e. The van der Waals surface area contributed by atoms with Gasteiger partial charge in [-0.2, -0.15) is 0 Å². The molecular formula is C22H33N3O4. The van der Waals surface area contributed by atoms with Crippen molar-refractivity contribution in [1.29, 1.82) is 0 Å². The number of amides is 3.